The smallest absolute Gasteiger partial charge is 0.220 e. The number of ether oxygens (including phenoxy) is 1. The number of hydrogen-bond acceptors (Lipinski definition) is 3. The fourth-order valence-corrected chi connectivity index (χ4v) is 2.43. The summed E-state index contributed by atoms with van der Waals surface area (Å²) in [5.41, 5.74) is 0. The van der Waals surface area contributed by atoms with Gasteiger partial charge in [-0.05, 0) is 32.6 Å². The number of amides is 1. The third-order valence-electron chi connectivity index (χ3n) is 3.48. The van der Waals surface area contributed by atoms with E-state index in [1.54, 1.807) is 6.20 Å². The van der Waals surface area contributed by atoms with Crippen molar-refractivity contribution in [2.24, 2.45) is 5.92 Å². The van der Waals surface area contributed by atoms with E-state index >= 15 is 0 Å². The average molecular weight is 265 g/mol. The normalized spacial score (nSPS) is 19.6. The second kappa shape index (κ2) is 6.70. The zero-order valence-corrected chi connectivity index (χ0v) is 11.8. The second-order valence-corrected chi connectivity index (χ2v) is 5.41. The monoisotopic (exact) mass is 265 g/mol. The van der Waals surface area contributed by atoms with Gasteiger partial charge in [-0.3, -0.25) is 4.79 Å². The van der Waals surface area contributed by atoms with Gasteiger partial charge < -0.3 is 14.6 Å². The largest absolute Gasteiger partial charge is 0.381 e. The number of nitrogens with zero attached hydrogens (tertiary/aromatic N) is 2. The Hall–Kier alpha value is -1.36. The van der Waals surface area contributed by atoms with E-state index in [4.69, 9.17) is 4.74 Å². The first-order chi connectivity index (χ1) is 9.16. The lowest BCUT2D eigenvalue weighted by molar-refractivity contribution is -0.123. The van der Waals surface area contributed by atoms with Gasteiger partial charge in [0.1, 0.15) is 5.82 Å². The van der Waals surface area contributed by atoms with Gasteiger partial charge in [0, 0.05) is 38.1 Å². The summed E-state index contributed by atoms with van der Waals surface area (Å²) in [5, 5.41) is 2.95. The minimum Gasteiger partial charge on any atom is -0.381 e. The first kappa shape index (κ1) is 14.1. The van der Waals surface area contributed by atoms with Crippen LogP contribution >= 0.6 is 0 Å². The highest BCUT2D eigenvalue weighted by atomic mass is 16.5. The van der Waals surface area contributed by atoms with E-state index in [0.717, 1.165) is 25.3 Å². The number of imidazole rings is 1. The molecule has 1 aliphatic heterocycles. The van der Waals surface area contributed by atoms with Crippen molar-refractivity contribution < 1.29 is 9.53 Å². The first-order valence-electron chi connectivity index (χ1n) is 7.03. The van der Waals surface area contributed by atoms with Crippen LogP contribution in [0.5, 0.6) is 0 Å². The number of hydrogen-bond donors (Lipinski definition) is 1. The Bertz CT molecular complexity index is 409. The van der Waals surface area contributed by atoms with Gasteiger partial charge in [-0.25, -0.2) is 4.98 Å². The molecule has 5 heteroatoms. The van der Waals surface area contributed by atoms with E-state index in [2.05, 4.69) is 28.7 Å². The molecule has 5 nitrogen and oxygen atoms in total. The van der Waals surface area contributed by atoms with Crippen molar-refractivity contribution in [3.63, 3.8) is 0 Å². The number of rotatable bonds is 5. The molecular formula is C14H23N3O2. The topological polar surface area (TPSA) is 56.2 Å². The van der Waals surface area contributed by atoms with Crippen LogP contribution in [0.4, 0.5) is 0 Å². The predicted molar refractivity (Wildman–Crippen MR) is 72.6 cm³/mol. The summed E-state index contributed by atoms with van der Waals surface area (Å²) in [4.78, 5) is 16.2. The Morgan fingerprint density at radius 2 is 2.47 bits per heavy atom. The Labute approximate surface area is 114 Å². The third-order valence-corrected chi connectivity index (χ3v) is 3.48. The van der Waals surface area contributed by atoms with Crippen molar-refractivity contribution >= 4 is 5.91 Å². The van der Waals surface area contributed by atoms with Crippen molar-refractivity contribution in [1.82, 2.24) is 14.9 Å². The molecule has 106 valence electrons. The van der Waals surface area contributed by atoms with Crippen LogP contribution in [0.2, 0.25) is 0 Å². The van der Waals surface area contributed by atoms with Crippen molar-refractivity contribution in [2.75, 3.05) is 13.2 Å². The van der Waals surface area contributed by atoms with Gasteiger partial charge in [0.05, 0.1) is 6.54 Å². The standard InChI is InChI=1S/C14H23N3O2/c1-11(2)17-6-5-15-13(17)9-16-14(18)8-12-4-3-7-19-10-12/h5-6,11-12H,3-4,7-10H2,1-2H3,(H,16,18)/t12-/m1/s1. The Morgan fingerprint density at radius 3 is 3.16 bits per heavy atom. The Morgan fingerprint density at radius 1 is 1.63 bits per heavy atom. The van der Waals surface area contributed by atoms with Crippen molar-refractivity contribution in [2.45, 2.75) is 45.7 Å². The van der Waals surface area contributed by atoms with Crippen LogP contribution in [-0.4, -0.2) is 28.7 Å². The van der Waals surface area contributed by atoms with Gasteiger partial charge in [-0.2, -0.15) is 0 Å². The number of aromatic nitrogens is 2. The highest BCUT2D eigenvalue weighted by Crippen LogP contribution is 2.17. The quantitative estimate of drug-likeness (QED) is 0.884. The summed E-state index contributed by atoms with van der Waals surface area (Å²) in [7, 11) is 0. The van der Waals surface area contributed by atoms with Gasteiger partial charge >= 0.3 is 0 Å². The molecule has 1 atom stereocenters. The van der Waals surface area contributed by atoms with Crippen LogP contribution in [0.1, 0.15) is 45.0 Å². The minimum atomic E-state index is 0.0915. The van der Waals surface area contributed by atoms with Gasteiger partial charge in [0.15, 0.2) is 0 Å². The van der Waals surface area contributed by atoms with Crippen LogP contribution in [0.3, 0.4) is 0 Å². The number of nitrogens with one attached hydrogen (secondary N) is 1. The summed E-state index contributed by atoms with van der Waals surface area (Å²) >= 11 is 0. The van der Waals surface area contributed by atoms with E-state index in [0.29, 0.717) is 31.5 Å². The minimum absolute atomic E-state index is 0.0915. The molecule has 0 aliphatic carbocycles. The molecule has 0 saturated carbocycles. The molecule has 1 aliphatic rings. The second-order valence-electron chi connectivity index (χ2n) is 5.41. The highest BCUT2D eigenvalue weighted by Gasteiger charge is 2.17. The SMILES string of the molecule is CC(C)n1ccnc1CNC(=O)C[C@H]1CCCOC1. The van der Waals surface area contributed by atoms with E-state index in [1.807, 2.05) is 6.20 Å². The summed E-state index contributed by atoms with van der Waals surface area (Å²) < 4.78 is 7.46. The molecule has 0 radical (unpaired) electrons. The molecule has 0 spiro atoms. The van der Waals surface area contributed by atoms with Gasteiger partial charge in [0.2, 0.25) is 5.91 Å². The summed E-state index contributed by atoms with van der Waals surface area (Å²) in [5.74, 6) is 1.37. The van der Waals surface area contributed by atoms with Gasteiger partial charge in [-0.1, -0.05) is 0 Å². The molecule has 2 rings (SSSR count). The molecule has 2 heterocycles. The maximum atomic E-state index is 11.9. The summed E-state index contributed by atoms with van der Waals surface area (Å²) in [6, 6.07) is 0.362. The molecule has 1 fully saturated rings. The molecule has 1 amide bonds. The zero-order chi connectivity index (χ0) is 13.7. The van der Waals surface area contributed by atoms with Crippen LogP contribution in [0.15, 0.2) is 12.4 Å². The molecule has 1 aromatic heterocycles. The van der Waals surface area contributed by atoms with E-state index in [-0.39, 0.29) is 5.91 Å². The summed E-state index contributed by atoms with van der Waals surface area (Å²) in [6.45, 7) is 6.26. The lowest BCUT2D eigenvalue weighted by Crippen LogP contribution is -2.29. The van der Waals surface area contributed by atoms with Crippen molar-refractivity contribution in [3.05, 3.63) is 18.2 Å². The highest BCUT2D eigenvalue weighted by molar-refractivity contribution is 5.76. The number of carbonyl (C=O) groups is 1. The molecule has 0 aromatic carbocycles. The van der Waals surface area contributed by atoms with Crippen LogP contribution < -0.4 is 5.32 Å². The lowest BCUT2D eigenvalue weighted by atomic mass is 9.98. The fraction of sp³-hybridized carbons (Fsp3) is 0.714. The molecule has 1 N–H and O–H groups in total. The van der Waals surface area contributed by atoms with Gasteiger partial charge in [-0.15, -0.1) is 0 Å². The molecule has 19 heavy (non-hydrogen) atoms. The molecule has 1 aromatic rings. The maximum Gasteiger partial charge on any atom is 0.220 e. The van der Waals surface area contributed by atoms with Gasteiger partial charge in [0.25, 0.3) is 0 Å². The lowest BCUT2D eigenvalue weighted by Gasteiger charge is -2.21. The molecule has 1 saturated heterocycles. The predicted octanol–water partition coefficient (Wildman–Crippen LogP) is 1.90. The average Bonchev–Trinajstić information content (AvgIpc) is 2.86. The molecular weight excluding hydrogens is 242 g/mol. The molecule has 0 unspecified atom stereocenters. The Kier molecular flexibility index (Phi) is 4.96. The van der Waals surface area contributed by atoms with E-state index < -0.39 is 0 Å². The van der Waals surface area contributed by atoms with Crippen LogP contribution in [0, 0.1) is 5.92 Å². The zero-order valence-electron chi connectivity index (χ0n) is 11.8. The van der Waals surface area contributed by atoms with Crippen molar-refractivity contribution in [3.8, 4) is 0 Å². The van der Waals surface area contributed by atoms with E-state index in [1.165, 1.54) is 0 Å². The van der Waals surface area contributed by atoms with E-state index in [9.17, 15) is 4.79 Å². The summed E-state index contributed by atoms with van der Waals surface area (Å²) in [6.07, 6.45) is 6.43. The first-order valence-corrected chi connectivity index (χ1v) is 7.03. The van der Waals surface area contributed by atoms with Crippen molar-refractivity contribution in [1.29, 1.82) is 0 Å². The number of carbonyl (C=O) groups excluding carboxylic acids is 1. The van der Waals surface area contributed by atoms with Crippen LogP contribution in [0.25, 0.3) is 0 Å². The molecule has 0 bridgehead atoms. The third kappa shape index (κ3) is 4.06. The Balaban J connectivity index is 1.78. The fourth-order valence-electron chi connectivity index (χ4n) is 2.43. The maximum absolute atomic E-state index is 11.9. The van der Waals surface area contributed by atoms with Crippen LogP contribution in [-0.2, 0) is 16.1 Å².